The highest BCUT2D eigenvalue weighted by molar-refractivity contribution is 7.98. The SMILES string of the molecule is CSCC(C)N(C)C(=O)NCC(C)C(=O)O. The number of nitrogens with one attached hydrogen (secondary N) is 1. The minimum atomic E-state index is -0.903. The lowest BCUT2D eigenvalue weighted by Gasteiger charge is -2.25. The Morgan fingerprint density at radius 3 is 2.44 bits per heavy atom. The predicted octanol–water partition coefficient (Wildman–Crippen LogP) is 1.10. The first-order chi connectivity index (χ1) is 7.40. The fourth-order valence-electron chi connectivity index (χ4n) is 1.01. The van der Waals surface area contributed by atoms with E-state index in [4.69, 9.17) is 5.11 Å². The van der Waals surface area contributed by atoms with E-state index in [0.29, 0.717) is 0 Å². The van der Waals surface area contributed by atoms with E-state index in [1.165, 1.54) is 0 Å². The van der Waals surface area contributed by atoms with Gasteiger partial charge in [0.05, 0.1) is 5.92 Å². The van der Waals surface area contributed by atoms with Crippen LogP contribution in [0, 0.1) is 5.92 Å². The number of urea groups is 1. The highest BCUT2D eigenvalue weighted by Gasteiger charge is 2.17. The summed E-state index contributed by atoms with van der Waals surface area (Å²) in [5, 5.41) is 11.3. The molecule has 0 aliphatic carbocycles. The maximum atomic E-state index is 11.6. The van der Waals surface area contributed by atoms with Gasteiger partial charge in [0.1, 0.15) is 0 Å². The van der Waals surface area contributed by atoms with Crippen molar-refractivity contribution >= 4 is 23.8 Å². The molecule has 0 bridgehead atoms. The van der Waals surface area contributed by atoms with Crippen molar-refractivity contribution in [3.8, 4) is 0 Å². The summed E-state index contributed by atoms with van der Waals surface area (Å²) in [4.78, 5) is 23.7. The number of carbonyl (C=O) groups is 2. The van der Waals surface area contributed by atoms with E-state index in [0.717, 1.165) is 5.75 Å². The highest BCUT2D eigenvalue weighted by Crippen LogP contribution is 2.03. The molecule has 2 unspecified atom stereocenters. The number of hydrogen-bond donors (Lipinski definition) is 2. The van der Waals surface area contributed by atoms with E-state index in [-0.39, 0.29) is 18.6 Å². The van der Waals surface area contributed by atoms with Crippen LogP contribution in [0.15, 0.2) is 0 Å². The van der Waals surface area contributed by atoms with Crippen molar-refractivity contribution in [1.82, 2.24) is 10.2 Å². The van der Waals surface area contributed by atoms with Gasteiger partial charge in [0.25, 0.3) is 0 Å². The van der Waals surface area contributed by atoms with Gasteiger partial charge in [0.15, 0.2) is 0 Å². The largest absolute Gasteiger partial charge is 0.481 e. The average Bonchev–Trinajstić information content (AvgIpc) is 2.24. The third-order valence-electron chi connectivity index (χ3n) is 2.37. The van der Waals surface area contributed by atoms with Crippen LogP contribution in [0.3, 0.4) is 0 Å². The summed E-state index contributed by atoms with van der Waals surface area (Å²) in [5.74, 6) is -0.605. The Balaban J connectivity index is 4.01. The van der Waals surface area contributed by atoms with Gasteiger partial charge in [-0.1, -0.05) is 6.92 Å². The predicted molar refractivity (Wildman–Crippen MR) is 65.8 cm³/mol. The molecule has 0 aromatic rings. The van der Waals surface area contributed by atoms with Crippen LogP contribution in [0.1, 0.15) is 13.8 Å². The molecule has 2 atom stereocenters. The molecule has 0 radical (unpaired) electrons. The van der Waals surface area contributed by atoms with Gasteiger partial charge in [-0.3, -0.25) is 4.79 Å². The van der Waals surface area contributed by atoms with Crippen LogP contribution >= 0.6 is 11.8 Å². The maximum Gasteiger partial charge on any atom is 0.317 e. The Labute approximate surface area is 101 Å². The van der Waals surface area contributed by atoms with Crippen molar-refractivity contribution in [3.63, 3.8) is 0 Å². The Kier molecular flexibility index (Phi) is 6.96. The molecule has 0 aromatic carbocycles. The third kappa shape index (κ3) is 5.25. The molecule has 0 spiro atoms. The second-order valence-electron chi connectivity index (χ2n) is 3.84. The quantitative estimate of drug-likeness (QED) is 0.738. The van der Waals surface area contributed by atoms with Crippen molar-refractivity contribution in [2.45, 2.75) is 19.9 Å². The van der Waals surface area contributed by atoms with Gasteiger partial charge < -0.3 is 15.3 Å². The van der Waals surface area contributed by atoms with Gasteiger partial charge in [-0.05, 0) is 13.2 Å². The molecule has 0 aromatic heterocycles. The summed E-state index contributed by atoms with van der Waals surface area (Å²) >= 11 is 1.67. The number of amides is 2. The first-order valence-corrected chi connectivity index (χ1v) is 6.52. The number of hydrogen-bond acceptors (Lipinski definition) is 3. The second-order valence-corrected chi connectivity index (χ2v) is 4.75. The molecular weight excluding hydrogens is 228 g/mol. The van der Waals surface area contributed by atoms with Gasteiger partial charge in [0.2, 0.25) is 0 Å². The standard InChI is InChI=1S/C10H20N2O3S/c1-7(9(13)14)5-11-10(15)12(3)8(2)6-16-4/h7-8H,5-6H2,1-4H3,(H,11,15)(H,13,14). The molecule has 0 aliphatic heterocycles. The maximum absolute atomic E-state index is 11.6. The molecule has 0 heterocycles. The lowest BCUT2D eigenvalue weighted by atomic mass is 10.2. The molecule has 16 heavy (non-hydrogen) atoms. The minimum absolute atomic E-state index is 0.134. The summed E-state index contributed by atoms with van der Waals surface area (Å²) in [7, 11) is 1.71. The molecule has 5 nitrogen and oxygen atoms in total. The monoisotopic (exact) mass is 248 g/mol. The van der Waals surface area contributed by atoms with E-state index < -0.39 is 11.9 Å². The Morgan fingerprint density at radius 1 is 1.44 bits per heavy atom. The first kappa shape index (κ1) is 15.1. The highest BCUT2D eigenvalue weighted by atomic mass is 32.2. The zero-order chi connectivity index (χ0) is 12.7. The van der Waals surface area contributed by atoms with E-state index in [2.05, 4.69) is 5.32 Å². The van der Waals surface area contributed by atoms with Gasteiger partial charge in [-0.2, -0.15) is 11.8 Å². The fraction of sp³-hybridized carbons (Fsp3) is 0.800. The zero-order valence-corrected chi connectivity index (χ0v) is 11.0. The normalized spacial score (nSPS) is 14.0. The average molecular weight is 248 g/mol. The Hall–Kier alpha value is -0.910. The lowest BCUT2D eigenvalue weighted by Crippen LogP contribution is -2.45. The lowest BCUT2D eigenvalue weighted by molar-refractivity contribution is -0.140. The summed E-state index contributed by atoms with van der Waals surface area (Å²) in [5.41, 5.74) is 0. The number of aliphatic carboxylic acids is 1. The van der Waals surface area contributed by atoms with Gasteiger partial charge >= 0.3 is 12.0 Å². The summed E-state index contributed by atoms with van der Waals surface area (Å²) in [6.45, 7) is 3.68. The number of carboxylic acids is 1. The van der Waals surface area contributed by atoms with Crippen molar-refractivity contribution in [3.05, 3.63) is 0 Å². The van der Waals surface area contributed by atoms with Crippen LogP contribution in [-0.2, 0) is 4.79 Å². The molecular formula is C10H20N2O3S. The van der Waals surface area contributed by atoms with E-state index in [1.54, 1.807) is 30.6 Å². The zero-order valence-electron chi connectivity index (χ0n) is 10.2. The minimum Gasteiger partial charge on any atom is -0.481 e. The van der Waals surface area contributed by atoms with Gasteiger partial charge in [-0.15, -0.1) is 0 Å². The molecule has 6 heteroatoms. The smallest absolute Gasteiger partial charge is 0.317 e. The number of thioether (sulfide) groups is 1. The summed E-state index contributed by atoms with van der Waals surface area (Å²) < 4.78 is 0. The van der Waals surface area contributed by atoms with Crippen molar-refractivity contribution in [2.24, 2.45) is 5.92 Å². The molecule has 0 saturated heterocycles. The Bertz CT molecular complexity index is 248. The van der Waals surface area contributed by atoms with E-state index in [1.807, 2.05) is 13.2 Å². The molecule has 0 saturated carbocycles. The number of nitrogens with zero attached hydrogens (tertiary/aromatic N) is 1. The van der Waals surface area contributed by atoms with Gasteiger partial charge in [-0.25, -0.2) is 4.79 Å². The van der Waals surface area contributed by atoms with Crippen LogP contribution in [0.4, 0.5) is 4.79 Å². The van der Waals surface area contributed by atoms with Gasteiger partial charge in [0, 0.05) is 25.4 Å². The molecule has 0 rings (SSSR count). The van der Waals surface area contributed by atoms with Crippen LogP contribution in [0.25, 0.3) is 0 Å². The molecule has 2 N–H and O–H groups in total. The molecule has 94 valence electrons. The van der Waals surface area contributed by atoms with E-state index in [9.17, 15) is 9.59 Å². The van der Waals surface area contributed by atoms with Crippen LogP contribution < -0.4 is 5.32 Å². The van der Waals surface area contributed by atoms with Crippen molar-refractivity contribution < 1.29 is 14.7 Å². The third-order valence-corrected chi connectivity index (χ3v) is 3.19. The van der Waals surface area contributed by atoms with E-state index >= 15 is 0 Å². The summed E-state index contributed by atoms with van der Waals surface area (Å²) in [6.07, 6.45) is 1.98. The summed E-state index contributed by atoms with van der Waals surface area (Å²) in [6, 6.07) is -0.0928. The molecule has 0 aliphatic rings. The fourth-order valence-corrected chi connectivity index (χ4v) is 1.71. The van der Waals surface area contributed by atoms with Crippen molar-refractivity contribution in [2.75, 3.05) is 25.6 Å². The number of carboxylic acid groups (broad SMARTS) is 1. The number of carbonyl (C=O) groups excluding carboxylic acids is 1. The molecule has 2 amide bonds. The molecule has 0 fully saturated rings. The van der Waals surface area contributed by atoms with Crippen molar-refractivity contribution in [1.29, 1.82) is 0 Å². The topological polar surface area (TPSA) is 69.6 Å². The second kappa shape index (κ2) is 7.38. The first-order valence-electron chi connectivity index (χ1n) is 5.12. The van der Waals surface area contributed by atoms with Crippen LogP contribution in [0.2, 0.25) is 0 Å². The van der Waals surface area contributed by atoms with Crippen LogP contribution in [-0.4, -0.2) is 53.6 Å². The Morgan fingerprint density at radius 2 is 2.00 bits per heavy atom. The number of rotatable bonds is 6. The van der Waals surface area contributed by atoms with Crippen LogP contribution in [0.5, 0.6) is 0 Å².